The second-order valence-corrected chi connectivity index (χ2v) is 4.17. The lowest BCUT2D eigenvalue weighted by Gasteiger charge is -2.03. The van der Waals surface area contributed by atoms with Crippen molar-refractivity contribution in [2.45, 2.75) is 6.61 Å². The highest BCUT2D eigenvalue weighted by atomic mass is 79.9. The third kappa shape index (κ3) is 1.81. The van der Waals surface area contributed by atoms with Crippen LogP contribution in [-0.2, 0) is 10.4 Å². The van der Waals surface area contributed by atoms with Crippen molar-refractivity contribution in [3.8, 4) is 0 Å². The van der Waals surface area contributed by atoms with Gasteiger partial charge in [0.15, 0.2) is 5.65 Å². The van der Waals surface area contributed by atoms with Crippen LogP contribution in [0.5, 0.6) is 0 Å². The summed E-state index contributed by atoms with van der Waals surface area (Å²) in [4.78, 5) is 4.18. The van der Waals surface area contributed by atoms with E-state index >= 15 is 0 Å². The van der Waals surface area contributed by atoms with E-state index in [2.05, 4.69) is 42.6 Å². The zero-order chi connectivity index (χ0) is 10.1. The summed E-state index contributed by atoms with van der Waals surface area (Å²) in [5.41, 5.74) is 1.49. The van der Waals surface area contributed by atoms with Gasteiger partial charge in [0.05, 0.1) is 10.7 Å². The molecule has 0 spiro atoms. The monoisotopic (exact) mass is 287 g/mol. The molecule has 0 saturated carbocycles. The Morgan fingerprint density at radius 3 is 3.14 bits per heavy atom. The van der Waals surface area contributed by atoms with Gasteiger partial charge in [0.25, 0.3) is 0 Å². The van der Waals surface area contributed by atoms with E-state index in [1.54, 1.807) is 16.9 Å². The number of fused-ring (bicyclic) bond motifs is 1. The summed E-state index contributed by atoms with van der Waals surface area (Å²) in [5.74, 6) is 0. The maximum absolute atomic E-state index is 5.95. The molecule has 70 valence electrons. The minimum absolute atomic E-state index is 0.393. The molecule has 0 aliphatic carbocycles. The van der Waals surface area contributed by atoms with Crippen LogP contribution in [-0.4, -0.2) is 31.2 Å². The standard InChI is InChI=1S/C7H4BrClN3O.Al/c8-5-1-10-12-2-4(3-13)6(9)11-7(5)12;/h1-2H,3H2;/q-1;+1. The molecule has 0 atom stereocenters. The first kappa shape index (κ1) is 10.4. The number of nitrogens with zero attached hydrogens (tertiary/aromatic N) is 3. The van der Waals surface area contributed by atoms with Crippen molar-refractivity contribution in [3.05, 3.63) is 27.6 Å². The average Bonchev–Trinajstić information content (AvgIpc) is 2.50. The van der Waals surface area contributed by atoms with E-state index in [0.29, 0.717) is 17.4 Å². The van der Waals surface area contributed by atoms with Crippen molar-refractivity contribution >= 4 is 49.8 Å². The minimum atomic E-state index is 0.393. The van der Waals surface area contributed by atoms with Crippen LogP contribution < -0.4 is 0 Å². The largest absolute Gasteiger partial charge is 0.513 e. The molecule has 0 aromatic carbocycles. The number of rotatable bonds is 2. The first-order chi connectivity index (χ1) is 6.72. The van der Waals surface area contributed by atoms with Crippen LogP contribution >= 0.6 is 27.5 Å². The normalized spacial score (nSPS) is 11.0. The van der Waals surface area contributed by atoms with Crippen molar-refractivity contribution < 1.29 is 3.79 Å². The van der Waals surface area contributed by atoms with E-state index in [-0.39, 0.29) is 0 Å². The van der Waals surface area contributed by atoms with Crippen molar-refractivity contribution in [1.82, 2.24) is 14.6 Å². The zero-order valence-electron chi connectivity index (χ0n) is 6.94. The minimum Gasteiger partial charge on any atom is -0.513 e. The lowest BCUT2D eigenvalue weighted by molar-refractivity contribution is 0.337. The molecule has 0 saturated heterocycles. The lowest BCUT2D eigenvalue weighted by Crippen LogP contribution is -1.98. The zero-order valence-corrected chi connectivity index (χ0v) is 10.4. The molecule has 0 aliphatic rings. The van der Waals surface area contributed by atoms with Crippen molar-refractivity contribution in [2.24, 2.45) is 0 Å². The topological polar surface area (TPSA) is 39.4 Å². The number of hydrogen-bond donors (Lipinski definition) is 0. The molecule has 7 heteroatoms. The molecule has 2 aromatic rings. The smallest absolute Gasteiger partial charge is 0.369 e. The highest BCUT2D eigenvalue weighted by Crippen LogP contribution is 2.20. The van der Waals surface area contributed by atoms with E-state index < -0.39 is 0 Å². The second-order valence-electron chi connectivity index (χ2n) is 2.63. The molecule has 0 bridgehead atoms. The molecular formula is C7H4AlBrClN3O. The van der Waals surface area contributed by atoms with Crippen molar-refractivity contribution in [3.63, 3.8) is 0 Å². The van der Waals surface area contributed by atoms with Crippen LogP contribution in [0.15, 0.2) is 16.9 Å². The highest BCUT2D eigenvalue weighted by Gasteiger charge is 2.07. The summed E-state index contributed by atoms with van der Waals surface area (Å²) in [6.07, 6.45) is 3.46. The molecule has 4 nitrogen and oxygen atoms in total. The quantitative estimate of drug-likeness (QED) is 0.624. The molecule has 2 heterocycles. The van der Waals surface area contributed by atoms with E-state index in [1.807, 2.05) is 0 Å². The Bertz CT molecular complexity index is 475. The summed E-state index contributed by atoms with van der Waals surface area (Å²) in [6, 6.07) is 0. The molecule has 0 fully saturated rings. The van der Waals surface area contributed by atoms with E-state index in [9.17, 15) is 0 Å². The predicted molar refractivity (Wildman–Crippen MR) is 56.2 cm³/mol. The van der Waals surface area contributed by atoms with Gasteiger partial charge in [0.1, 0.15) is 5.15 Å². The fraction of sp³-hybridized carbons (Fsp3) is 0.143. The Morgan fingerprint density at radius 2 is 2.43 bits per heavy atom. The van der Waals surface area contributed by atoms with E-state index in [4.69, 9.17) is 15.4 Å². The average molecular weight is 288 g/mol. The maximum Gasteiger partial charge on any atom is 0.369 e. The van der Waals surface area contributed by atoms with E-state index in [0.717, 1.165) is 10.0 Å². The third-order valence-corrected chi connectivity index (χ3v) is 2.77. The van der Waals surface area contributed by atoms with Crippen LogP contribution in [0.2, 0.25) is 5.15 Å². The fourth-order valence-corrected chi connectivity index (χ4v) is 1.81. The SMILES string of the molecule is [Al][O]Cc1cn2ncc(Br)c2nc1Cl. The first-order valence-electron chi connectivity index (χ1n) is 3.72. The Hall–Kier alpha value is -0.118. The third-order valence-electron chi connectivity index (χ3n) is 1.71. The van der Waals surface area contributed by atoms with Gasteiger partial charge >= 0.3 is 16.6 Å². The second kappa shape index (κ2) is 4.17. The maximum atomic E-state index is 5.95. The van der Waals surface area contributed by atoms with Gasteiger partial charge in [-0.25, -0.2) is 9.50 Å². The Balaban J connectivity index is 2.60. The van der Waals surface area contributed by atoms with Gasteiger partial charge in [-0.1, -0.05) is 11.6 Å². The summed E-state index contributed by atoms with van der Waals surface area (Å²) < 4.78 is 7.37. The van der Waals surface area contributed by atoms with Gasteiger partial charge in [0.2, 0.25) is 0 Å². The molecule has 0 amide bonds. The van der Waals surface area contributed by atoms with Gasteiger partial charge < -0.3 is 3.79 Å². The van der Waals surface area contributed by atoms with Crippen molar-refractivity contribution in [1.29, 1.82) is 0 Å². The van der Waals surface area contributed by atoms with Crippen molar-refractivity contribution in [2.75, 3.05) is 0 Å². The molecule has 0 aliphatic heterocycles. The van der Waals surface area contributed by atoms with Crippen LogP contribution in [0.1, 0.15) is 5.56 Å². The van der Waals surface area contributed by atoms with Gasteiger partial charge in [-0.3, -0.25) is 0 Å². The van der Waals surface area contributed by atoms with Crippen LogP contribution in [0, 0.1) is 0 Å². The Labute approximate surface area is 102 Å². The first-order valence-corrected chi connectivity index (χ1v) is 5.36. The summed E-state index contributed by atoms with van der Waals surface area (Å²) in [5, 5.41) is 4.52. The number of hydrogen-bond acceptors (Lipinski definition) is 3. The summed E-state index contributed by atoms with van der Waals surface area (Å²) in [7, 11) is 0. The lowest BCUT2D eigenvalue weighted by atomic mass is 10.4. The van der Waals surface area contributed by atoms with Gasteiger partial charge in [-0.05, 0) is 15.9 Å². The van der Waals surface area contributed by atoms with Crippen LogP contribution in [0.3, 0.4) is 0 Å². The van der Waals surface area contributed by atoms with Gasteiger partial charge in [0, 0.05) is 18.4 Å². The predicted octanol–water partition coefficient (Wildman–Crippen LogP) is 1.75. The fourth-order valence-electron chi connectivity index (χ4n) is 1.09. The Morgan fingerprint density at radius 1 is 1.64 bits per heavy atom. The van der Waals surface area contributed by atoms with Gasteiger partial charge in [-0.2, -0.15) is 5.10 Å². The number of aromatic nitrogens is 3. The van der Waals surface area contributed by atoms with Crippen LogP contribution in [0.4, 0.5) is 0 Å². The highest BCUT2D eigenvalue weighted by molar-refractivity contribution is 9.10. The molecule has 2 rings (SSSR count). The summed E-state index contributed by atoms with van der Waals surface area (Å²) >= 11 is 11.4. The van der Waals surface area contributed by atoms with Crippen LogP contribution in [0.25, 0.3) is 5.65 Å². The molecule has 2 radical (unpaired) electrons. The van der Waals surface area contributed by atoms with E-state index in [1.165, 1.54) is 0 Å². The number of halogens is 2. The molecule has 0 unspecified atom stereocenters. The molecule has 2 aromatic heterocycles. The molecule has 0 N–H and O–H groups in total. The Kier molecular flexibility index (Phi) is 3.10. The molecule has 14 heavy (non-hydrogen) atoms. The molecular weight excluding hydrogens is 284 g/mol. The van der Waals surface area contributed by atoms with Gasteiger partial charge in [-0.15, -0.1) is 0 Å². The summed E-state index contributed by atoms with van der Waals surface area (Å²) in [6.45, 7) is 0.393.